The number of ether oxygens (including phenoxy) is 3. The van der Waals surface area contributed by atoms with E-state index in [0.717, 1.165) is 0 Å². The van der Waals surface area contributed by atoms with Crippen LogP contribution in [-0.2, 0) is 16.1 Å². The number of ketones is 1. The lowest BCUT2D eigenvalue weighted by Crippen LogP contribution is -2.56. The van der Waals surface area contributed by atoms with Crippen LogP contribution < -0.4 is 19.5 Å². The van der Waals surface area contributed by atoms with Gasteiger partial charge in [0, 0.05) is 19.6 Å². The fourth-order valence-electron chi connectivity index (χ4n) is 3.88. The number of hydrogen-bond acceptors (Lipinski definition) is 7. The Labute approximate surface area is 183 Å². The van der Waals surface area contributed by atoms with Crippen molar-refractivity contribution < 1.29 is 37.0 Å². The monoisotopic (exact) mass is 452 g/mol. The minimum atomic E-state index is -4.77. The minimum Gasteiger partial charge on any atom is -0.496 e. The molecule has 1 heterocycles. The van der Waals surface area contributed by atoms with Crippen LogP contribution in [0.1, 0.15) is 17.2 Å². The first-order valence-corrected chi connectivity index (χ1v) is 9.79. The summed E-state index contributed by atoms with van der Waals surface area (Å²) in [5, 5.41) is 3.09. The van der Waals surface area contributed by atoms with Gasteiger partial charge in [0.05, 0.1) is 31.9 Å². The standard InChI is InChI=1S/C22H23F3N2O5/c1-30-17-4-3-5-18(31-2)19(17)21-20(16(29)13-28)26-10-11-27(21)12-14-6-8-15(9-7-14)32-22(23,24)25/h3-9,13,20-21,26H,10-12H2,1-2H3. The average molecular weight is 452 g/mol. The van der Waals surface area contributed by atoms with E-state index >= 15 is 0 Å². The molecule has 1 saturated heterocycles. The molecule has 2 aromatic carbocycles. The summed E-state index contributed by atoms with van der Waals surface area (Å²) in [6, 6.07) is 9.27. The highest BCUT2D eigenvalue weighted by molar-refractivity contribution is 6.27. The highest BCUT2D eigenvalue weighted by atomic mass is 19.4. The van der Waals surface area contributed by atoms with Gasteiger partial charge < -0.3 is 19.5 Å². The third kappa shape index (κ3) is 5.38. The van der Waals surface area contributed by atoms with Gasteiger partial charge in [-0.05, 0) is 29.8 Å². The highest BCUT2D eigenvalue weighted by Gasteiger charge is 2.40. The van der Waals surface area contributed by atoms with Gasteiger partial charge in [-0.3, -0.25) is 14.5 Å². The van der Waals surface area contributed by atoms with E-state index in [1.807, 2.05) is 4.90 Å². The van der Waals surface area contributed by atoms with Crippen LogP contribution in [-0.4, -0.2) is 56.7 Å². The van der Waals surface area contributed by atoms with Crippen molar-refractivity contribution in [1.82, 2.24) is 10.2 Å². The molecule has 0 bridgehead atoms. The molecule has 0 saturated carbocycles. The summed E-state index contributed by atoms with van der Waals surface area (Å²) >= 11 is 0. The number of Topliss-reactive ketones (excluding diaryl/α,β-unsaturated/α-hetero) is 1. The lowest BCUT2D eigenvalue weighted by Gasteiger charge is -2.41. The molecule has 0 amide bonds. The van der Waals surface area contributed by atoms with Crippen molar-refractivity contribution in [1.29, 1.82) is 0 Å². The molecule has 172 valence electrons. The predicted molar refractivity (Wildman–Crippen MR) is 109 cm³/mol. The number of hydrogen-bond donors (Lipinski definition) is 1. The van der Waals surface area contributed by atoms with Gasteiger partial charge in [-0.25, -0.2) is 0 Å². The van der Waals surface area contributed by atoms with E-state index in [1.54, 1.807) is 18.2 Å². The summed E-state index contributed by atoms with van der Waals surface area (Å²) in [5.41, 5.74) is 1.31. The quantitative estimate of drug-likeness (QED) is 0.488. The zero-order chi connectivity index (χ0) is 23.3. The van der Waals surface area contributed by atoms with Crippen LogP contribution in [0.25, 0.3) is 0 Å². The van der Waals surface area contributed by atoms with Crippen molar-refractivity contribution in [3.05, 3.63) is 53.6 Å². The fraction of sp³-hybridized carbons (Fsp3) is 0.364. The molecule has 1 aliphatic heterocycles. The van der Waals surface area contributed by atoms with Crippen molar-refractivity contribution in [3.8, 4) is 17.2 Å². The number of carbonyl (C=O) groups is 2. The van der Waals surface area contributed by atoms with Gasteiger partial charge in [-0.2, -0.15) is 0 Å². The van der Waals surface area contributed by atoms with Gasteiger partial charge in [0.1, 0.15) is 17.2 Å². The molecule has 2 aromatic rings. The summed E-state index contributed by atoms with van der Waals surface area (Å²) in [4.78, 5) is 25.8. The summed E-state index contributed by atoms with van der Waals surface area (Å²) < 4.78 is 52.2. The van der Waals surface area contributed by atoms with Crippen molar-refractivity contribution in [2.24, 2.45) is 0 Å². The number of rotatable bonds is 8. The topological polar surface area (TPSA) is 77.1 Å². The van der Waals surface area contributed by atoms with E-state index < -0.39 is 24.2 Å². The largest absolute Gasteiger partial charge is 0.573 e. The Hall–Kier alpha value is -3.11. The van der Waals surface area contributed by atoms with Crippen LogP contribution in [0.3, 0.4) is 0 Å². The van der Waals surface area contributed by atoms with Gasteiger partial charge in [-0.15, -0.1) is 13.2 Å². The first-order chi connectivity index (χ1) is 15.3. The summed E-state index contributed by atoms with van der Waals surface area (Å²) in [5.74, 6) is 0.0291. The zero-order valence-electron chi connectivity index (χ0n) is 17.5. The van der Waals surface area contributed by atoms with E-state index in [1.165, 1.54) is 38.5 Å². The molecule has 2 atom stereocenters. The molecular weight excluding hydrogens is 429 g/mol. The maximum atomic E-state index is 12.5. The molecule has 1 fully saturated rings. The Balaban J connectivity index is 1.97. The number of halogens is 3. The third-order valence-corrected chi connectivity index (χ3v) is 5.20. The first-order valence-electron chi connectivity index (χ1n) is 9.79. The number of methoxy groups -OCH3 is 2. The van der Waals surface area contributed by atoms with Crippen LogP contribution >= 0.6 is 0 Å². The normalized spacial score (nSPS) is 19.3. The number of aldehydes is 1. The number of piperazine rings is 1. The Morgan fingerprint density at radius 3 is 2.28 bits per heavy atom. The van der Waals surface area contributed by atoms with E-state index in [-0.39, 0.29) is 12.0 Å². The summed E-state index contributed by atoms with van der Waals surface area (Å²) in [6.45, 7) is 1.26. The molecule has 2 unspecified atom stereocenters. The van der Waals surface area contributed by atoms with Crippen molar-refractivity contribution >= 4 is 12.1 Å². The lowest BCUT2D eigenvalue weighted by molar-refractivity contribution is -0.274. The number of carbonyl (C=O) groups excluding carboxylic acids is 2. The van der Waals surface area contributed by atoms with Gasteiger partial charge in [0.15, 0.2) is 6.29 Å². The zero-order valence-corrected chi connectivity index (χ0v) is 17.5. The number of benzene rings is 2. The maximum Gasteiger partial charge on any atom is 0.573 e. The average Bonchev–Trinajstić information content (AvgIpc) is 2.78. The van der Waals surface area contributed by atoms with Crippen LogP contribution in [0, 0.1) is 0 Å². The Bertz CT molecular complexity index is 927. The van der Waals surface area contributed by atoms with Crippen LogP contribution in [0.15, 0.2) is 42.5 Å². The second kappa shape index (κ2) is 10.0. The molecule has 10 heteroatoms. The summed E-state index contributed by atoms with van der Waals surface area (Å²) in [6.07, 6.45) is -4.49. The number of nitrogens with one attached hydrogen (secondary N) is 1. The smallest absolute Gasteiger partial charge is 0.496 e. The van der Waals surface area contributed by atoms with Gasteiger partial charge in [-0.1, -0.05) is 18.2 Å². The van der Waals surface area contributed by atoms with Crippen molar-refractivity contribution in [2.45, 2.75) is 25.0 Å². The third-order valence-electron chi connectivity index (χ3n) is 5.20. The molecular formula is C22H23F3N2O5. The van der Waals surface area contributed by atoms with E-state index in [0.29, 0.717) is 42.3 Å². The van der Waals surface area contributed by atoms with E-state index in [2.05, 4.69) is 10.1 Å². The molecule has 0 aromatic heterocycles. The van der Waals surface area contributed by atoms with Crippen molar-refractivity contribution in [2.75, 3.05) is 27.3 Å². The van der Waals surface area contributed by atoms with E-state index in [9.17, 15) is 22.8 Å². The molecule has 7 nitrogen and oxygen atoms in total. The predicted octanol–water partition coefficient (Wildman–Crippen LogP) is 2.89. The second-order valence-electron chi connectivity index (χ2n) is 7.14. The molecule has 0 aliphatic carbocycles. The van der Waals surface area contributed by atoms with Gasteiger partial charge >= 0.3 is 6.36 Å². The number of nitrogens with zero attached hydrogens (tertiary/aromatic N) is 1. The Morgan fingerprint density at radius 1 is 1.12 bits per heavy atom. The van der Waals surface area contributed by atoms with Crippen LogP contribution in [0.4, 0.5) is 13.2 Å². The summed E-state index contributed by atoms with van der Waals surface area (Å²) in [7, 11) is 2.99. The van der Waals surface area contributed by atoms with Crippen LogP contribution in [0.5, 0.6) is 17.2 Å². The highest BCUT2D eigenvalue weighted by Crippen LogP contribution is 2.40. The molecule has 0 radical (unpaired) electrons. The number of alkyl halides is 3. The molecule has 1 N–H and O–H groups in total. The van der Waals surface area contributed by atoms with Crippen molar-refractivity contribution in [3.63, 3.8) is 0 Å². The molecule has 1 aliphatic rings. The molecule has 3 rings (SSSR count). The second-order valence-corrected chi connectivity index (χ2v) is 7.14. The van der Waals surface area contributed by atoms with Gasteiger partial charge in [0.2, 0.25) is 5.78 Å². The van der Waals surface area contributed by atoms with Crippen LogP contribution in [0.2, 0.25) is 0 Å². The SMILES string of the molecule is COc1cccc(OC)c1C1C(C(=O)C=O)NCCN1Cc1ccc(OC(F)(F)F)cc1. The Kier molecular flexibility index (Phi) is 7.37. The fourth-order valence-corrected chi connectivity index (χ4v) is 3.88. The minimum absolute atomic E-state index is 0.277. The lowest BCUT2D eigenvalue weighted by atomic mass is 9.90. The maximum absolute atomic E-state index is 12.5. The molecule has 32 heavy (non-hydrogen) atoms. The van der Waals surface area contributed by atoms with Gasteiger partial charge in [0.25, 0.3) is 0 Å². The Morgan fingerprint density at radius 2 is 1.75 bits per heavy atom. The van der Waals surface area contributed by atoms with E-state index in [4.69, 9.17) is 9.47 Å². The molecule has 0 spiro atoms. The first kappa shape index (κ1) is 23.6.